The first-order chi connectivity index (χ1) is 5.29. The Kier molecular flexibility index (Phi) is 1.61. The van der Waals surface area contributed by atoms with Gasteiger partial charge < -0.3 is 0 Å². The van der Waals surface area contributed by atoms with Crippen LogP contribution < -0.4 is 0 Å². The van der Waals surface area contributed by atoms with Gasteiger partial charge in [-0.25, -0.2) is 4.39 Å². The molecule has 0 aromatic heterocycles. The van der Waals surface area contributed by atoms with E-state index in [4.69, 9.17) is 11.6 Å². The molecule has 57 valence electrons. The first-order valence-electron chi connectivity index (χ1n) is 3.64. The van der Waals surface area contributed by atoms with Crippen molar-refractivity contribution in [1.29, 1.82) is 0 Å². The van der Waals surface area contributed by atoms with Crippen LogP contribution >= 0.6 is 11.6 Å². The third kappa shape index (κ3) is 1.25. The van der Waals surface area contributed by atoms with Gasteiger partial charge in [0.1, 0.15) is 5.82 Å². The van der Waals surface area contributed by atoms with Gasteiger partial charge in [-0.1, -0.05) is 11.6 Å². The number of rotatable bonds is 1. The van der Waals surface area contributed by atoms with E-state index in [-0.39, 0.29) is 10.8 Å². The van der Waals surface area contributed by atoms with Gasteiger partial charge >= 0.3 is 0 Å². The summed E-state index contributed by atoms with van der Waals surface area (Å²) in [5, 5.41) is 0.189. The molecule has 0 atom stereocenters. The topological polar surface area (TPSA) is 0 Å². The maximum atomic E-state index is 13.1. The third-order valence-corrected chi connectivity index (χ3v) is 2.20. The molecule has 11 heavy (non-hydrogen) atoms. The van der Waals surface area contributed by atoms with Crippen molar-refractivity contribution in [3.05, 3.63) is 34.6 Å². The van der Waals surface area contributed by atoms with E-state index in [9.17, 15) is 4.39 Å². The molecule has 1 aromatic carbocycles. The lowest BCUT2D eigenvalue weighted by Crippen LogP contribution is -1.86. The van der Waals surface area contributed by atoms with Gasteiger partial charge in [-0.15, -0.1) is 0 Å². The van der Waals surface area contributed by atoms with Gasteiger partial charge in [-0.3, -0.25) is 0 Å². The van der Waals surface area contributed by atoms with Crippen molar-refractivity contribution in [2.45, 2.75) is 18.8 Å². The second kappa shape index (κ2) is 2.49. The van der Waals surface area contributed by atoms with Crippen LogP contribution in [-0.2, 0) is 0 Å². The van der Waals surface area contributed by atoms with Crippen LogP contribution in [0, 0.1) is 11.9 Å². The minimum atomic E-state index is -0.257. The molecule has 0 saturated heterocycles. The Balaban J connectivity index is 2.45. The van der Waals surface area contributed by atoms with Crippen LogP contribution in [-0.4, -0.2) is 0 Å². The van der Waals surface area contributed by atoms with Crippen molar-refractivity contribution < 1.29 is 4.39 Å². The summed E-state index contributed by atoms with van der Waals surface area (Å²) in [7, 11) is 0. The van der Waals surface area contributed by atoms with E-state index in [1.54, 1.807) is 6.07 Å². The Hall–Kier alpha value is -0.560. The molecule has 0 unspecified atom stereocenters. The van der Waals surface area contributed by atoms with Gasteiger partial charge in [0.2, 0.25) is 0 Å². The maximum Gasteiger partial charge on any atom is 0.145 e. The highest BCUT2D eigenvalue weighted by Gasteiger charge is 2.26. The quantitative estimate of drug-likeness (QED) is 0.606. The van der Waals surface area contributed by atoms with E-state index in [0.717, 1.165) is 18.4 Å². The zero-order valence-corrected chi connectivity index (χ0v) is 6.66. The molecule has 1 aromatic rings. The second-order valence-electron chi connectivity index (χ2n) is 2.85. The van der Waals surface area contributed by atoms with Gasteiger partial charge in [0.15, 0.2) is 0 Å². The molecule has 2 heteroatoms. The van der Waals surface area contributed by atoms with Crippen LogP contribution in [0.3, 0.4) is 0 Å². The molecule has 1 saturated carbocycles. The Morgan fingerprint density at radius 2 is 2.18 bits per heavy atom. The molecule has 1 aliphatic rings. The molecule has 1 aliphatic carbocycles. The second-order valence-corrected chi connectivity index (χ2v) is 3.25. The average molecular weight is 170 g/mol. The summed E-state index contributed by atoms with van der Waals surface area (Å²) < 4.78 is 13.1. The predicted molar refractivity (Wildman–Crippen MR) is 42.2 cm³/mol. The molecular formula is C9H7ClF. The van der Waals surface area contributed by atoms with Crippen LogP contribution in [0.4, 0.5) is 4.39 Å². The Morgan fingerprint density at radius 1 is 1.45 bits per heavy atom. The molecule has 0 spiro atoms. The van der Waals surface area contributed by atoms with Crippen LogP contribution in [0.1, 0.15) is 24.3 Å². The molecule has 1 fully saturated rings. The summed E-state index contributed by atoms with van der Waals surface area (Å²) in [6.07, 6.45) is 2.18. The lowest BCUT2D eigenvalue weighted by molar-refractivity contribution is 0.611. The molecule has 1 radical (unpaired) electrons. The molecule has 0 aliphatic heterocycles. The van der Waals surface area contributed by atoms with Gasteiger partial charge in [0.05, 0.1) is 5.02 Å². The fourth-order valence-corrected chi connectivity index (χ4v) is 1.33. The molecule has 0 N–H and O–H groups in total. The minimum absolute atomic E-state index is 0.189. The summed E-state index contributed by atoms with van der Waals surface area (Å²) in [5.41, 5.74) is 0.734. The van der Waals surface area contributed by atoms with Gasteiger partial charge in [-0.2, -0.15) is 0 Å². The zero-order valence-electron chi connectivity index (χ0n) is 5.90. The monoisotopic (exact) mass is 169 g/mol. The molecule has 2 rings (SSSR count). The molecule has 0 bridgehead atoms. The summed E-state index contributed by atoms with van der Waals surface area (Å²) in [6.45, 7) is 0. The van der Waals surface area contributed by atoms with Crippen molar-refractivity contribution >= 4 is 11.6 Å². The molecule has 0 heterocycles. The summed E-state index contributed by atoms with van der Waals surface area (Å²) in [6, 6.07) is 5.97. The molecule has 0 nitrogen and oxygen atoms in total. The number of halogens is 2. The van der Waals surface area contributed by atoms with E-state index in [1.165, 1.54) is 6.07 Å². The van der Waals surface area contributed by atoms with Crippen LogP contribution in [0.25, 0.3) is 0 Å². The fourth-order valence-electron chi connectivity index (χ4n) is 1.16. The minimum Gasteiger partial charge on any atom is -0.205 e. The Bertz CT molecular complexity index is 279. The predicted octanol–water partition coefficient (Wildman–Crippen LogP) is 3.16. The first kappa shape index (κ1) is 7.11. The number of benzene rings is 1. The average Bonchev–Trinajstić information content (AvgIpc) is 2.77. The lowest BCUT2D eigenvalue weighted by Gasteiger charge is -2.00. The van der Waals surface area contributed by atoms with Gasteiger partial charge in [0, 0.05) is 0 Å². The molecule has 0 amide bonds. The highest BCUT2D eigenvalue weighted by molar-refractivity contribution is 6.30. The van der Waals surface area contributed by atoms with E-state index in [2.05, 4.69) is 6.07 Å². The zero-order chi connectivity index (χ0) is 7.84. The summed E-state index contributed by atoms with van der Waals surface area (Å²) in [4.78, 5) is 0. The van der Waals surface area contributed by atoms with E-state index in [1.807, 2.05) is 0 Å². The normalized spacial score (nSPS) is 16.9. The van der Waals surface area contributed by atoms with Crippen molar-refractivity contribution in [2.24, 2.45) is 0 Å². The van der Waals surface area contributed by atoms with E-state index in [0.29, 0.717) is 5.92 Å². The van der Waals surface area contributed by atoms with Crippen molar-refractivity contribution in [3.8, 4) is 0 Å². The highest BCUT2D eigenvalue weighted by Crippen LogP contribution is 2.42. The van der Waals surface area contributed by atoms with Crippen LogP contribution in [0.5, 0.6) is 0 Å². The lowest BCUT2D eigenvalue weighted by atomic mass is 10.1. The maximum absolute atomic E-state index is 13.1. The SMILES string of the molecule is Fc1c(Cl)c[c]cc1C1CC1. The fraction of sp³-hybridized carbons (Fsp3) is 0.333. The largest absolute Gasteiger partial charge is 0.205 e. The van der Waals surface area contributed by atoms with Crippen LogP contribution in [0.15, 0.2) is 12.1 Å². The smallest absolute Gasteiger partial charge is 0.145 e. The number of hydrogen-bond acceptors (Lipinski definition) is 0. The van der Waals surface area contributed by atoms with Crippen molar-refractivity contribution in [1.82, 2.24) is 0 Å². The van der Waals surface area contributed by atoms with Crippen molar-refractivity contribution in [2.75, 3.05) is 0 Å². The Labute approximate surface area is 70.0 Å². The summed E-state index contributed by atoms with van der Waals surface area (Å²) in [5.74, 6) is 0.151. The first-order valence-corrected chi connectivity index (χ1v) is 4.02. The Morgan fingerprint density at radius 3 is 2.82 bits per heavy atom. The highest BCUT2D eigenvalue weighted by atomic mass is 35.5. The van der Waals surface area contributed by atoms with Gasteiger partial charge in [0.25, 0.3) is 0 Å². The number of hydrogen-bond donors (Lipinski definition) is 0. The van der Waals surface area contributed by atoms with Crippen molar-refractivity contribution in [3.63, 3.8) is 0 Å². The van der Waals surface area contributed by atoms with E-state index < -0.39 is 0 Å². The summed E-state index contributed by atoms with van der Waals surface area (Å²) >= 11 is 5.58. The standard InChI is InChI=1S/C9H7ClF/c10-8-3-1-2-7(9(8)11)6-4-5-6/h2-3,6H,4-5H2. The van der Waals surface area contributed by atoms with Crippen LogP contribution in [0.2, 0.25) is 5.02 Å². The van der Waals surface area contributed by atoms with E-state index >= 15 is 0 Å². The molecular weight excluding hydrogens is 163 g/mol. The van der Waals surface area contributed by atoms with Gasteiger partial charge in [-0.05, 0) is 42.5 Å². The third-order valence-electron chi connectivity index (χ3n) is 1.93.